The standard InChI is InChI=1S/C8H8NO/c1-9-6-7-4-2-3-5-8(7)10-9/h2-6H,1H3/q+1. The quantitative estimate of drug-likeness (QED) is 0.496. The first-order valence-electron chi connectivity index (χ1n) is 3.21. The lowest BCUT2D eigenvalue weighted by atomic mass is 10.3. The van der Waals surface area contributed by atoms with Crippen LogP contribution in [0, 0.1) is 0 Å². The normalized spacial score (nSPS) is 10.5. The van der Waals surface area contributed by atoms with E-state index in [1.54, 1.807) is 4.74 Å². The van der Waals surface area contributed by atoms with E-state index in [4.69, 9.17) is 4.52 Å². The third kappa shape index (κ3) is 0.692. The molecule has 0 N–H and O–H groups in total. The van der Waals surface area contributed by atoms with Gasteiger partial charge < -0.3 is 0 Å². The molecule has 0 aliphatic carbocycles. The van der Waals surface area contributed by atoms with Crippen LogP contribution in [0.1, 0.15) is 0 Å². The van der Waals surface area contributed by atoms with Gasteiger partial charge in [-0.2, -0.15) is 0 Å². The van der Waals surface area contributed by atoms with E-state index in [9.17, 15) is 0 Å². The molecule has 0 radical (unpaired) electrons. The van der Waals surface area contributed by atoms with E-state index in [1.165, 1.54) is 0 Å². The summed E-state index contributed by atoms with van der Waals surface area (Å²) in [5.74, 6) is 0. The van der Waals surface area contributed by atoms with Gasteiger partial charge in [0.25, 0.3) is 0 Å². The Bertz CT molecular complexity index is 318. The number of para-hydroxylation sites is 1. The van der Waals surface area contributed by atoms with Crippen LogP contribution in [0.2, 0.25) is 0 Å². The van der Waals surface area contributed by atoms with Gasteiger partial charge in [0.05, 0.1) is 5.39 Å². The van der Waals surface area contributed by atoms with Crippen molar-refractivity contribution < 1.29 is 9.26 Å². The minimum atomic E-state index is 0.935. The van der Waals surface area contributed by atoms with Gasteiger partial charge in [-0.25, -0.2) is 4.52 Å². The molecule has 1 aromatic carbocycles. The van der Waals surface area contributed by atoms with Crippen LogP contribution in [0.4, 0.5) is 0 Å². The molecule has 2 aromatic rings. The van der Waals surface area contributed by atoms with Crippen molar-refractivity contribution in [1.29, 1.82) is 0 Å². The number of fused-ring (bicyclic) bond motifs is 1. The first-order chi connectivity index (χ1) is 4.86. The lowest BCUT2D eigenvalue weighted by Gasteiger charge is -1.75. The molecule has 50 valence electrons. The number of aromatic nitrogens is 1. The van der Waals surface area contributed by atoms with Crippen LogP contribution in [0.5, 0.6) is 0 Å². The Morgan fingerprint density at radius 1 is 1.30 bits per heavy atom. The Morgan fingerprint density at radius 3 is 2.90 bits per heavy atom. The molecule has 0 unspecified atom stereocenters. The highest BCUT2D eigenvalue weighted by molar-refractivity contribution is 5.74. The number of hydrogen-bond acceptors (Lipinski definition) is 1. The molecule has 0 saturated heterocycles. The fourth-order valence-electron chi connectivity index (χ4n) is 1.05. The van der Waals surface area contributed by atoms with E-state index in [2.05, 4.69) is 0 Å². The minimum absolute atomic E-state index is 0.935. The molecule has 10 heavy (non-hydrogen) atoms. The highest BCUT2D eigenvalue weighted by Crippen LogP contribution is 2.09. The number of nitrogens with zero attached hydrogens (tertiary/aromatic N) is 1. The average molecular weight is 134 g/mol. The number of aryl methyl sites for hydroxylation is 1. The van der Waals surface area contributed by atoms with Gasteiger partial charge in [-0.3, -0.25) is 0 Å². The van der Waals surface area contributed by atoms with Gasteiger partial charge in [0.2, 0.25) is 11.8 Å². The number of hydrogen-bond donors (Lipinski definition) is 0. The van der Waals surface area contributed by atoms with Crippen molar-refractivity contribution in [1.82, 2.24) is 0 Å². The largest absolute Gasteiger partial charge is 0.237 e. The minimum Gasteiger partial charge on any atom is -0.237 e. The van der Waals surface area contributed by atoms with Crippen LogP contribution in [0.25, 0.3) is 11.0 Å². The molecule has 2 rings (SSSR count). The molecule has 2 heteroatoms. The third-order valence-electron chi connectivity index (χ3n) is 1.48. The van der Waals surface area contributed by atoms with Crippen molar-refractivity contribution in [3.05, 3.63) is 30.5 Å². The third-order valence-corrected chi connectivity index (χ3v) is 1.48. The van der Waals surface area contributed by atoms with Crippen LogP contribution in [-0.4, -0.2) is 0 Å². The molecule has 0 spiro atoms. The smallest absolute Gasteiger partial charge is 0.227 e. The molecule has 2 nitrogen and oxygen atoms in total. The zero-order chi connectivity index (χ0) is 6.97. The zero-order valence-corrected chi connectivity index (χ0v) is 5.74. The maximum absolute atomic E-state index is 5.28. The van der Waals surface area contributed by atoms with Gasteiger partial charge in [-0.1, -0.05) is 12.1 Å². The molecule has 0 fully saturated rings. The molecule has 0 amide bonds. The Morgan fingerprint density at radius 2 is 2.10 bits per heavy atom. The lowest BCUT2D eigenvalue weighted by molar-refractivity contribution is -0.841. The second kappa shape index (κ2) is 1.84. The molecule has 0 atom stereocenters. The second-order valence-corrected chi connectivity index (χ2v) is 2.30. The van der Waals surface area contributed by atoms with Crippen molar-refractivity contribution >= 4 is 11.0 Å². The fourth-order valence-corrected chi connectivity index (χ4v) is 1.05. The van der Waals surface area contributed by atoms with Crippen LogP contribution in [0.15, 0.2) is 35.0 Å². The second-order valence-electron chi connectivity index (χ2n) is 2.30. The number of rotatable bonds is 0. The van der Waals surface area contributed by atoms with E-state index in [-0.39, 0.29) is 0 Å². The van der Waals surface area contributed by atoms with Crippen LogP contribution < -0.4 is 4.74 Å². The Balaban J connectivity index is 2.88. The molecule has 1 heterocycles. The summed E-state index contributed by atoms with van der Waals surface area (Å²) in [6, 6.07) is 7.94. The summed E-state index contributed by atoms with van der Waals surface area (Å²) >= 11 is 0. The van der Waals surface area contributed by atoms with Crippen molar-refractivity contribution in [2.24, 2.45) is 7.05 Å². The predicted octanol–water partition coefficient (Wildman–Crippen LogP) is 1.26. The van der Waals surface area contributed by atoms with Crippen LogP contribution in [-0.2, 0) is 7.05 Å². The van der Waals surface area contributed by atoms with E-state index in [1.807, 2.05) is 37.5 Å². The topological polar surface area (TPSA) is 17.0 Å². The number of benzene rings is 1. The van der Waals surface area contributed by atoms with E-state index in [0.29, 0.717) is 0 Å². The SMILES string of the molecule is C[n+]1cc2ccccc2o1. The van der Waals surface area contributed by atoms with Gasteiger partial charge in [-0.15, -0.1) is 0 Å². The maximum atomic E-state index is 5.28. The van der Waals surface area contributed by atoms with Crippen molar-refractivity contribution in [3.63, 3.8) is 0 Å². The van der Waals surface area contributed by atoms with Crippen LogP contribution in [0.3, 0.4) is 0 Å². The van der Waals surface area contributed by atoms with Crippen molar-refractivity contribution in [2.45, 2.75) is 0 Å². The summed E-state index contributed by atoms with van der Waals surface area (Å²) in [5.41, 5.74) is 0.935. The molecule has 0 aliphatic rings. The molecule has 1 aromatic heterocycles. The summed E-state index contributed by atoms with van der Waals surface area (Å²) in [5, 5.41) is 1.14. The van der Waals surface area contributed by atoms with Crippen LogP contribution >= 0.6 is 0 Å². The summed E-state index contributed by atoms with van der Waals surface area (Å²) in [6.07, 6.45) is 1.95. The van der Waals surface area contributed by atoms with Gasteiger partial charge in [0.1, 0.15) is 0 Å². The van der Waals surface area contributed by atoms with E-state index in [0.717, 1.165) is 11.0 Å². The van der Waals surface area contributed by atoms with Gasteiger partial charge in [-0.05, 0) is 16.9 Å². The first-order valence-corrected chi connectivity index (χ1v) is 3.21. The Kier molecular flexibility index (Phi) is 1.01. The maximum Gasteiger partial charge on any atom is 0.227 e. The monoisotopic (exact) mass is 134 g/mol. The highest BCUT2D eigenvalue weighted by Gasteiger charge is 2.02. The molecular weight excluding hydrogens is 126 g/mol. The summed E-state index contributed by atoms with van der Waals surface area (Å²) in [7, 11) is 1.88. The lowest BCUT2D eigenvalue weighted by Crippen LogP contribution is -2.22. The molecule has 0 bridgehead atoms. The van der Waals surface area contributed by atoms with Gasteiger partial charge in [0, 0.05) is 0 Å². The van der Waals surface area contributed by atoms with Gasteiger partial charge >= 0.3 is 0 Å². The summed E-state index contributed by atoms with van der Waals surface area (Å²) < 4.78 is 6.98. The molecule has 0 saturated carbocycles. The van der Waals surface area contributed by atoms with Gasteiger partial charge in [0.15, 0.2) is 7.05 Å². The highest BCUT2D eigenvalue weighted by atomic mass is 16.5. The first kappa shape index (κ1) is 5.47. The molecule has 0 aliphatic heterocycles. The summed E-state index contributed by atoms with van der Waals surface area (Å²) in [4.78, 5) is 0. The average Bonchev–Trinajstić information content (AvgIpc) is 2.27. The fraction of sp³-hybridized carbons (Fsp3) is 0.125. The molecular formula is C8H8NO+. The van der Waals surface area contributed by atoms with Crippen molar-refractivity contribution in [2.75, 3.05) is 0 Å². The zero-order valence-electron chi connectivity index (χ0n) is 5.74. The van der Waals surface area contributed by atoms with E-state index < -0.39 is 0 Å². The Labute approximate surface area is 58.7 Å². The van der Waals surface area contributed by atoms with E-state index >= 15 is 0 Å². The predicted molar refractivity (Wildman–Crippen MR) is 37.4 cm³/mol. The van der Waals surface area contributed by atoms with Crippen molar-refractivity contribution in [3.8, 4) is 0 Å². The Hall–Kier alpha value is -1.31. The summed E-state index contributed by atoms with van der Waals surface area (Å²) in [6.45, 7) is 0.